The molecule has 1 heterocycles. The Morgan fingerprint density at radius 1 is 0.655 bits per heavy atom. The van der Waals surface area contributed by atoms with E-state index >= 15 is 0 Å². The predicted molar refractivity (Wildman–Crippen MR) is 110 cm³/mol. The molecular formula is C24H30N2O2S. The maximum atomic E-state index is 13.6. The molecule has 0 aromatic carbocycles. The van der Waals surface area contributed by atoms with Crippen LogP contribution in [0.4, 0.5) is 0 Å². The topological polar surface area (TPSA) is 59.9 Å². The molecule has 0 amide bonds. The number of hydrogen-bond acceptors (Lipinski definition) is 5. The van der Waals surface area contributed by atoms with Crippen molar-refractivity contribution in [1.29, 1.82) is 0 Å². The van der Waals surface area contributed by atoms with Gasteiger partial charge in [0.05, 0.1) is 0 Å². The number of hydrogen-bond donors (Lipinski definition) is 0. The van der Waals surface area contributed by atoms with E-state index < -0.39 is 0 Å². The van der Waals surface area contributed by atoms with Crippen molar-refractivity contribution < 1.29 is 9.59 Å². The van der Waals surface area contributed by atoms with Crippen molar-refractivity contribution >= 4 is 23.1 Å². The second kappa shape index (κ2) is 5.77. The zero-order valence-electron chi connectivity index (χ0n) is 17.1. The monoisotopic (exact) mass is 410 g/mol. The molecular weight excluding hydrogens is 380 g/mol. The molecule has 9 rings (SSSR count). The molecule has 5 heteroatoms. The van der Waals surface area contributed by atoms with Crippen LogP contribution in [0.25, 0.3) is 0 Å². The van der Waals surface area contributed by atoms with Crippen LogP contribution in [0.3, 0.4) is 0 Å². The summed E-state index contributed by atoms with van der Waals surface area (Å²) >= 11 is 1.21. The second-order valence-corrected chi connectivity index (χ2v) is 12.7. The first-order valence-electron chi connectivity index (χ1n) is 11.9. The fraction of sp³-hybridized carbons (Fsp3) is 0.833. The standard InChI is InChI=1S/C24H30N2O2S/c27-19(23-7-13-1-14(8-23)3-15(2-13)9-23)21-25-22(29-26-21)20(28)24-10-16-4-17(11-24)6-18(5-16)12-24/h13-18H,1-12H2. The van der Waals surface area contributed by atoms with E-state index in [1.54, 1.807) is 0 Å². The summed E-state index contributed by atoms with van der Waals surface area (Å²) in [6, 6.07) is 0. The molecule has 0 atom stereocenters. The lowest BCUT2D eigenvalue weighted by atomic mass is 9.48. The Balaban J connectivity index is 1.17. The average Bonchev–Trinajstić information content (AvgIpc) is 3.14. The van der Waals surface area contributed by atoms with Crippen LogP contribution in [0.2, 0.25) is 0 Å². The highest BCUT2D eigenvalue weighted by molar-refractivity contribution is 7.07. The Hall–Kier alpha value is -1.10. The summed E-state index contributed by atoms with van der Waals surface area (Å²) in [5, 5.41) is 0.528. The molecule has 0 unspecified atom stereocenters. The van der Waals surface area contributed by atoms with Gasteiger partial charge in [0, 0.05) is 10.8 Å². The first-order valence-corrected chi connectivity index (χ1v) is 12.7. The van der Waals surface area contributed by atoms with Crippen molar-refractivity contribution in [3.05, 3.63) is 10.8 Å². The summed E-state index contributed by atoms with van der Waals surface area (Å²) < 4.78 is 4.48. The van der Waals surface area contributed by atoms with Gasteiger partial charge in [0.2, 0.25) is 11.6 Å². The van der Waals surface area contributed by atoms with Crippen LogP contribution < -0.4 is 0 Å². The van der Waals surface area contributed by atoms with Crippen molar-refractivity contribution in [1.82, 2.24) is 9.36 Å². The summed E-state index contributed by atoms with van der Waals surface area (Å²) in [5.74, 6) is 5.18. The highest BCUT2D eigenvalue weighted by Crippen LogP contribution is 2.62. The van der Waals surface area contributed by atoms with Gasteiger partial charge in [-0.3, -0.25) is 9.59 Å². The summed E-state index contributed by atoms with van der Waals surface area (Å²) in [4.78, 5) is 31.8. The molecule has 29 heavy (non-hydrogen) atoms. The fourth-order valence-electron chi connectivity index (χ4n) is 9.65. The Bertz CT molecular complexity index is 761. The second-order valence-electron chi connectivity index (χ2n) is 12.0. The Labute approximate surface area is 176 Å². The lowest BCUT2D eigenvalue weighted by molar-refractivity contribution is -0.0361. The molecule has 8 fully saturated rings. The third kappa shape index (κ3) is 2.49. The maximum absolute atomic E-state index is 13.6. The van der Waals surface area contributed by atoms with Gasteiger partial charge in [-0.1, -0.05) is 0 Å². The molecule has 0 saturated heterocycles. The normalized spacial score (nSPS) is 49.0. The predicted octanol–water partition coefficient (Wildman–Crippen LogP) is 5.34. The van der Waals surface area contributed by atoms with Crippen LogP contribution in [0.1, 0.15) is 97.5 Å². The van der Waals surface area contributed by atoms with Crippen molar-refractivity contribution in [2.45, 2.75) is 77.0 Å². The van der Waals surface area contributed by atoms with Crippen molar-refractivity contribution in [3.63, 3.8) is 0 Å². The van der Waals surface area contributed by atoms with Crippen LogP contribution in [0.15, 0.2) is 0 Å². The molecule has 0 aliphatic heterocycles. The Morgan fingerprint density at radius 3 is 1.45 bits per heavy atom. The number of ketones is 2. The molecule has 8 aliphatic rings. The third-order valence-electron chi connectivity index (χ3n) is 9.86. The molecule has 1 aromatic heterocycles. The number of Topliss-reactive ketones (excluding diaryl/α,β-unsaturated/α-hetero) is 2. The largest absolute Gasteiger partial charge is 0.291 e. The van der Waals surface area contributed by atoms with Crippen LogP contribution in [-0.4, -0.2) is 20.9 Å². The summed E-state index contributed by atoms with van der Waals surface area (Å²) in [5.41, 5.74) is -0.397. The maximum Gasteiger partial charge on any atom is 0.210 e. The van der Waals surface area contributed by atoms with Crippen LogP contribution in [0.5, 0.6) is 0 Å². The van der Waals surface area contributed by atoms with E-state index in [0.717, 1.165) is 74.0 Å². The van der Waals surface area contributed by atoms with Crippen molar-refractivity contribution in [2.24, 2.45) is 46.3 Å². The molecule has 0 spiro atoms. The van der Waals surface area contributed by atoms with Crippen LogP contribution >= 0.6 is 11.5 Å². The van der Waals surface area contributed by atoms with Crippen LogP contribution in [0, 0.1) is 46.3 Å². The minimum absolute atomic E-state index is 0.164. The van der Waals surface area contributed by atoms with Gasteiger partial charge in [-0.2, -0.15) is 4.37 Å². The first kappa shape index (κ1) is 17.6. The molecule has 8 aliphatic carbocycles. The van der Waals surface area contributed by atoms with Crippen LogP contribution in [-0.2, 0) is 0 Å². The quantitative estimate of drug-likeness (QED) is 0.629. The molecule has 0 N–H and O–H groups in total. The lowest BCUT2D eigenvalue weighted by Crippen LogP contribution is -2.50. The highest BCUT2D eigenvalue weighted by atomic mass is 32.1. The smallest absolute Gasteiger partial charge is 0.210 e. The first-order chi connectivity index (χ1) is 14.0. The lowest BCUT2D eigenvalue weighted by Gasteiger charge is -2.55. The zero-order chi connectivity index (χ0) is 19.4. The number of carbonyl (C=O) groups is 2. The van der Waals surface area contributed by atoms with Crippen molar-refractivity contribution in [3.8, 4) is 0 Å². The molecule has 154 valence electrons. The molecule has 0 radical (unpaired) electrons. The van der Waals surface area contributed by atoms with E-state index in [1.807, 2.05) is 0 Å². The molecule has 8 saturated carbocycles. The number of aromatic nitrogens is 2. The van der Waals surface area contributed by atoms with Crippen molar-refractivity contribution in [2.75, 3.05) is 0 Å². The summed E-state index contributed by atoms with van der Waals surface area (Å²) in [6.45, 7) is 0. The third-order valence-corrected chi connectivity index (χ3v) is 10.6. The van der Waals surface area contributed by atoms with Gasteiger partial charge < -0.3 is 0 Å². The van der Waals surface area contributed by atoms with E-state index in [2.05, 4.69) is 9.36 Å². The van der Waals surface area contributed by atoms with Gasteiger partial charge in [0.1, 0.15) is 0 Å². The van der Waals surface area contributed by atoms with E-state index in [0.29, 0.717) is 10.8 Å². The fourth-order valence-corrected chi connectivity index (χ4v) is 10.4. The summed E-state index contributed by atoms with van der Waals surface area (Å²) in [7, 11) is 0. The SMILES string of the molecule is O=C(c1nsc(C(=O)C23CC4CC(CC(C4)C2)C3)n1)C12CC3CC(CC(C3)C1)C2. The average molecular weight is 411 g/mol. The Kier molecular flexibility index (Phi) is 3.50. The highest BCUT2D eigenvalue weighted by Gasteiger charge is 2.57. The number of nitrogens with zero attached hydrogens (tertiary/aromatic N) is 2. The van der Waals surface area contributed by atoms with E-state index in [-0.39, 0.29) is 22.4 Å². The molecule has 8 bridgehead atoms. The van der Waals surface area contributed by atoms with E-state index in [1.165, 1.54) is 50.1 Å². The molecule has 4 nitrogen and oxygen atoms in total. The van der Waals surface area contributed by atoms with Gasteiger partial charge in [-0.05, 0) is 124 Å². The van der Waals surface area contributed by atoms with E-state index in [9.17, 15) is 9.59 Å². The number of rotatable bonds is 4. The Morgan fingerprint density at radius 2 is 1.03 bits per heavy atom. The summed E-state index contributed by atoms with van der Waals surface area (Å²) in [6.07, 6.45) is 14.2. The minimum Gasteiger partial charge on any atom is -0.291 e. The van der Waals surface area contributed by atoms with Gasteiger partial charge >= 0.3 is 0 Å². The molecule has 1 aromatic rings. The van der Waals surface area contributed by atoms with Gasteiger partial charge in [0.15, 0.2) is 10.8 Å². The van der Waals surface area contributed by atoms with Gasteiger partial charge in [-0.25, -0.2) is 4.98 Å². The minimum atomic E-state index is -0.211. The van der Waals surface area contributed by atoms with Gasteiger partial charge in [0.25, 0.3) is 0 Å². The van der Waals surface area contributed by atoms with Gasteiger partial charge in [-0.15, -0.1) is 0 Å². The number of carbonyl (C=O) groups excluding carboxylic acids is 2. The van der Waals surface area contributed by atoms with E-state index in [4.69, 9.17) is 0 Å². The zero-order valence-corrected chi connectivity index (χ0v) is 17.9.